The molecule has 2 unspecified atom stereocenters. The lowest BCUT2D eigenvalue weighted by Gasteiger charge is -2.39. The topological polar surface area (TPSA) is 58.4 Å². The third-order valence-electron chi connectivity index (χ3n) is 4.00. The Balaban J connectivity index is 2.00. The van der Waals surface area contributed by atoms with Crippen LogP contribution in [0.3, 0.4) is 0 Å². The van der Waals surface area contributed by atoms with Crippen LogP contribution >= 0.6 is 15.9 Å². The Morgan fingerprint density at radius 3 is 2.95 bits per heavy atom. The standard InChI is InChI=1S/C15H21BrFN3O/c1-10-3-2-4-12(8-18)20(10)9-15(21)19-14-6-5-11(16)7-13(14)17/h5-7,10,12H,2-4,8-9,18H2,1H3,(H,19,21). The first kappa shape index (κ1) is 16.4. The number of nitrogens with one attached hydrogen (secondary N) is 1. The van der Waals surface area contributed by atoms with Gasteiger partial charge in [0.2, 0.25) is 5.91 Å². The summed E-state index contributed by atoms with van der Waals surface area (Å²) in [7, 11) is 0. The van der Waals surface area contributed by atoms with Crippen molar-refractivity contribution in [1.29, 1.82) is 0 Å². The van der Waals surface area contributed by atoms with Crippen LogP contribution in [-0.4, -0.2) is 36.0 Å². The highest BCUT2D eigenvalue weighted by Gasteiger charge is 2.28. The van der Waals surface area contributed by atoms with Crippen LogP contribution in [0.5, 0.6) is 0 Å². The molecule has 0 aromatic heterocycles. The molecule has 1 aliphatic rings. The van der Waals surface area contributed by atoms with Crippen LogP contribution in [-0.2, 0) is 4.79 Å². The zero-order chi connectivity index (χ0) is 15.4. The van der Waals surface area contributed by atoms with Gasteiger partial charge in [-0.2, -0.15) is 0 Å². The predicted molar refractivity (Wildman–Crippen MR) is 85.6 cm³/mol. The highest BCUT2D eigenvalue weighted by molar-refractivity contribution is 9.10. The minimum absolute atomic E-state index is 0.205. The van der Waals surface area contributed by atoms with Gasteiger partial charge in [-0.1, -0.05) is 22.4 Å². The SMILES string of the molecule is CC1CCCC(CN)N1CC(=O)Nc1ccc(Br)cc1F. The van der Waals surface area contributed by atoms with E-state index < -0.39 is 5.82 Å². The van der Waals surface area contributed by atoms with Gasteiger partial charge in [-0.25, -0.2) is 4.39 Å². The largest absolute Gasteiger partial charge is 0.329 e. The van der Waals surface area contributed by atoms with Crippen molar-refractivity contribution in [2.75, 3.05) is 18.4 Å². The second kappa shape index (κ2) is 7.33. The molecular weight excluding hydrogens is 337 g/mol. The van der Waals surface area contributed by atoms with Crippen LogP contribution in [0.4, 0.5) is 10.1 Å². The van der Waals surface area contributed by atoms with Gasteiger partial charge in [0.25, 0.3) is 0 Å². The van der Waals surface area contributed by atoms with Crippen molar-refractivity contribution in [2.45, 2.75) is 38.3 Å². The van der Waals surface area contributed by atoms with Gasteiger partial charge in [-0.3, -0.25) is 9.69 Å². The highest BCUT2D eigenvalue weighted by atomic mass is 79.9. The second-order valence-corrected chi connectivity index (χ2v) is 6.43. The van der Waals surface area contributed by atoms with E-state index in [-0.39, 0.29) is 24.2 Å². The van der Waals surface area contributed by atoms with Gasteiger partial charge in [-0.05, 0) is 38.0 Å². The van der Waals surface area contributed by atoms with Crippen molar-refractivity contribution in [3.8, 4) is 0 Å². The number of carbonyl (C=O) groups excluding carboxylic acids is 1. The summed E-state index contributed by atoms with van der Waals surface area (Å²) < 4.78 is 14.4. The second-order valence-electron chi connectivity index (χ2n) is 5.51. The molecule has 1 aliphatic heterocycles. The molecule has 1 amide bonds. The number of nitrogens with zero attached hydrogens (tertiary/aromatic N) is 1. The number of rotatable bonds is 4. The number of anilines is 1. The van der Waals surface area contributed by atoms with Gasteiger partial charge >= 0.3 is 0 Å². The summed E-state index contributed by atoms with van der Waals surface area (Å²) >= 11 is 3.19. The molecule has 0 bridgehead atoms. The molecule has 1 aromatic rings. The van der Waals surface area contributed by atoms with Crippen molar-refractivity contribution in [3.63, 3.8) is 0 Å². The van der Waals surface area contributed by atoms with Crippen LogP contribution in [0.25, 0.3) is 0 Å². The van der Waals surface area contributed by atoms with Crippen molar-refractivity contribution in [3.05, 3.63) is 28.5 Å². The number of amides is 1. The van der Waals surface area contributed by atoms with Gasteiger partial charge in [0, 0.05) is 23.1 Å². The van der Waals surface area contributed by atoms with E-state index in [9.17, 15) is 9.18 Å². The highest BCUT2D eigenvalue weighted by Crippen LogP contribution is 2.23. The molecule has 21 heavy (non-hydrogen) atoms. The van der Waals surface area contributed by atoms with E-state index in [1.54, 1.807) is 12.1 Å². The van der Waals surface area contributed by atoms with Crippen LogP contribution in [0.2, 0.25) is 0 Å². The van der Waals surface area contributed by atoms with Gasteiger partial charge in [-0.15, -0.1) is 0 Å². The van der Waals surface area contributed by atoms with Gasteiger partial charge in [0.15, 0.2) is 0 Å². The van der Waals surface area contributed by atoms with Crippen LogP contribution < -0.4 is 11.1 Å². The smallest absolute Gasteiger partial charge is 0.238 e. The van der Waals surface area contributed by atoms with Crippen LogP contribution in [0, 0.1) is 5.82 Å². The molecule has 6 heteroatoms. The number of likely N-dealkylation sites (tertiary alicyclic amines) is 1. The maximum absolute atomic E-state index is 13.7. The van der Waals surface area contributed by atoms with E-state index in [4.69, 9.17) is 5.73 Å². The Morgan fingerprint density at radius 2 is 2.29 bits per heavy atom. The number of benzene rings is 1. The summed E-state index contributed by atoms with van der Waals surface area (Å²) in [6.07, 6.45) is 3.22. The Kier molecular flexibility index (Phi) is 5.72. The zero-order valence-electron chi connectivity index (χ0n) is 12.1. The molecule has 0 saturated carbocycles. The molecule has 1 aromatic carbocycles. The fourth-order valence-electron chi connectivity index (χ4n) is 2.83. The molecule has 0 radical (unpaired) electrons. The molecule has 0 aliphatic carbocycles. The first-order valence-corrected chi connectivity index (χ1v) is 8.01. The molecule has 4 nitrogen and oxygen atoms in total. The summed E-state index contributed by atoms with van der Waals surface area (Å²) in [5.41, 5.74) is 5.99. The van der Waals surface area contributed by atoms with Crippen molar-refractivity contribution in [1.82, 2.24) is 4.90 Å². The Labute approximate surface area is 133 Å². The number of carbonyl (C=O) groups is 1. The molecule has 1 heterocycles. The van der Waals surface area contributed by atoms with Gasteiger partial charge in [0.1, 0.15) is 5.82 Å². The number of halogens is 2. The minimum atomic E-state index is -0.445. The van der Waals surface area contributed by atoms with Crippen molar-refractivity contribution < 1.29 is 9.18 Å². The van der Waals surface area contributed by atoms with Gasteiger partial charge < -0.3 is 11.1 Å². The molecule has 1 saturated heterocycles. The first-order valence-electron chi connectivity index (χ1n) is 7.22. The molecule has 2 atom stereocenters. The fourth-order valence-corrected chi connectivity index (χ4v) is 3.16. The lowest BCUT2D eigenvalue weighted by atomic mass is 9.96. The molecule has 1 fully saturated rings. The number of nitrogens with two attached hydrogens (primary N) is 1. The number of hydrogen-bond acceptors (Lipinski definition) is 3. The van der Waals surface area contributed by atoms with Crippen molar-refractivity contribution in [2.24, 2.45) is 5.73 Å². The Bertz CT molecular complexity index is 512. The lowest BCUT2D eigenvalue weighted by Crippen LogP contribution is -2.51. The maximum atomic E-state index is 13.7. The average Bonchev–Trinajstić information content (AvgIpc) is 2.44. The summed E-state index contributed by atoms with van der Waals surface area (Å²) in [6, 6.07) is 5.14. The van der Waals surface area contributed by atoms with E-state index in [1.807, 2.05) is 0 Å². The minimum Gasteiger partial charge on any atom is -0.329 e. The number of hydrogen-bond donors (Lipinski definition) is 2. The summed E-state index contributed by atoms with van der Waals surface area (Å²) in [4.78, 5) is 14.3. The predicted octanol–water partition coefficient (Wildman–Crippen LogP) is 2.73. The monoisotopic (exact) mass is 357 g/mol. The average molecular weight is 358 g/mol. The van der Waals surface area contributed by atoms with E-state index in [0.29, 0.717) is 17.1 Å². The third-order valence-corrected chi connectivity index (χ3v) is 4.49. The summed E-state index contributed by atoms with van der Waals surface area (Å²) in [6.45, 7) is 2.90. The zero-order valence-corrected chi connectivity index (χ0v) is 13.7. The maximum Gasteiger partial charge on any atom is 0.238 e. The van der Waals surface area contributed by atoms with Crippen LogP contribution in [0.15, 0.2) is 22.7 Å². The molecule has 116 valence electrons. The molecular formula is C15H21BrFN3O. The normalized spacial score (nSPS) is 23.0. The van der Waals surface area contributed by atoms with E-state index in [2.05, 4.69) is 33.1 Å². The van der Waals surface area contributed by atoms with E-state index in [0.717, 1.165) is 19.3 Å². The van der Waals surface area contributed by atoms with Gasteiger partial charge in [0.05, 0.1) is 12.2 Å². The molecule has 2 rings (SSSR count). The summed E-state index contributed by atoms with van der Waals surface area (Å²) in [5.74, 6) is -0.650. The molecule has 3 N–H and O–H groups in total. The van der Waals surface area contributed by atoms with E-state index >= 15 is 0 Å². The van der Waals surface area contributed by atoms with Crippen LogP contribution in [0.1, 0.15) is 26.2 Å². The third kappa shape index (κ3) is 4.25. The van der Waals surface area contributed by atoms with E-state index in [1.165, 1.54) is 6.07 Å². The quantitative estimate of drug-likeness (QED) is 0.870. The number of piperidine rings is 1. The Hall–Kier alpha value is -0.980. The fraction of sp³-hybridized carbons (Fsp3) is 0.533. The summed E-state index contributed by atoms with van der Waals surface area (Å²) in [5, 5.41) is 2.63. The molecule has 0 spiro atoms. The van der Waals surface area contributed by atoms with Crippen molar-refractivity contribution >= 4 is 27.5 Å². The lowest BCUT2D eigenvalue weighted by molar-refractivity contribution is -0.119. The Morgan fingerprint density at radius 1 is 1.52 bits per heavy atom. The first-order chi connectivity index (χ1) is 10.0.